The topological polar surface area (TPSA) is 17.1 Å². The molecule has 1 heterocycles. The van der Waals surface area contributed by atoms with E-state index in [2.05, 4.69) is 19.1 Å². The van der Waals surface area contributed by atoms with Gasteiger partial charge in [0.25, 0.3) is 0 Å². The standard InChI is InChI=1S/C15H13ClOS/c1-9-2-3-10-8-18-14-5-4-11(16)7-13(14)15(17)12(10)6-9/h2-5,7,9H,6,8H2,1H3. The highest BCUT2D eigenvalue weighted by Crippen LogP contribution is 2.37. The molecular formula is C15H13ClOS. The van der Waals surface area contributed by atoms with Crippen LogP contribution < -0.4 is 0 Å². The average molecular weight is 277 g/mol. The Kier molecular flexibility index (Phi) is 3.08. The van der Waals surface area contributed by atoms with Crippen molar-refractivity contribution in [2.45, 2.75) is 18.2 Å². The lowest BCUT2D eigenvalue weighted by Crippen LogP contribution is -2.11. The summed E-state index contributed by atoms with van der Waals surface area (Å²) in [6.45, 7) is 2.14. The lowest BCUT2D eigenvalue weighted by Gasteiger charge is -2.17. The first-order valence-corrected chi connectivity index (χ1v) is 7.39. The maximum atomic E-state index is 12.6. The smallest absolute Gasteiger partial charge is 0.190 e. The molecule has 3 rings (SSSR count). The van der Waals surface area contributed by atoms with Gasteiger partial charge in [0.2, 0.25) is 0 Å². The highest BCUT2D eigenvalue weighted by atomic mass is 35.5. The number of rotatable bonds is 0. The Bertz CT molecular complexity index is 586. The van der Waals surface area contributed by atoms with Crippen molar-refractivity contribution in [2.75, 3.05) is 5.75 Å². The van der Waals surface area contributed by atoms with Gasteiger partial charge in [-0.05, 0) is 36.1 Å². The maximum absolute atomic E-state index is 12.6. The number of benzene rings is 1. The predicted octanol–water partition coefficient (Wildman–Crippen LogP) is 4.52. The van der Waals surface area contributed by atoms with Crippen LogP contribution in [0.4, 0.5) is 0 Å². The molecule has 18 heavy (non-hydrogen) atoms. The van der Waals surface area contributed by atoms with E-state index in [1.165, 1.54) is 5.57 Å². The third-order valence-electron chi connectivity index (χ3n) is 3.38. The molecule has 0 amide bonds. The third-order valence-corrected chi connectivity index (χ3v) is 4.74. The molecule has 1 atom stereocenters. The highest BCUT2D eigenvalue weighted by Gasteiger charge is 2.26. The fourth-order valence-corrected chi connectivity index (χ4v) is 3.62. The first-order chi connectivity index (χ1) is 8.65. The van der Waals surface area contributed by atoms with Gasteiger partial charge in [-0.25, -0.2) is 0 Å². The summed E-state index contributed by atoms with van der Waals surface area (Å²) in [6, 6.07) is 5.60. The van der Waals surface area contributed by atoms with Crippen molar-refractivity contribution in [3.63, 3.8) is 0 Å². The Morgan fingerprint density at radius 1 is 1.39 bits per heavy atom. The van der Waals surface area contributed by atoms with Gasteiger partial charge in [-0.3, -0.25) is 4.79 Å². The van der Waals surface area contributed by atoms with Crippen LogP contribution in [-0.2, 0) is 0 Å². The minimum atomic E-state index is 0.156. The van der Waals surface area contributed by atoms with E-state index in [-0.39, 0.29) is 5.78 Å². The van der Waals surface area contributed by atoms with Gasteiger partial charge >= 0.3 is 0 Å². The molecule has 2 aliphatic rings. The maximum Gasteiger partial charge on any atom is 0.190 e. The molecule has 0 aromatic heterocycles. The minimum Gasteiger partial charge on any atom is -0.289 e. The zero-order chi connectivity index (χ0) is 12.7. The SMILES string of the molecule is CC1C=CC2=C(C1)C(=O)c1cc(Cl)ccc1SC2. The van der Waals surface area contributed by atoms with Gasteiger partial charge in [0.1, 0.15) is 0 Å². The summed E-state index contributed by atoms with van der Waals surface area (Å²) in [6.07, 6.45) is 5.15. The van der Waals surface area contributed by atoms with Crippen molar-refractivity contribution >= 4 is 29.1 Å². The molecule has 0 spiro atoms. The number of halogens is 1. The minimum absolute atomic E-state index is 0.156. The second-order valence-corrected chi connectivity index (χ2v) is 6.26. The molecule has 1 nitrogen and oxygen atoms in total. The molecule has 0 fully saturated rings. The van der Waals surface area contributed by atoms with Gasteiger partial charge in [-0.1, -0.05) is 30.7 Å². The monoisotopic (exact) mass is 276 g/mol. The predicted molar refractivity (Wildman–Crippen MR) is 76.5 cm³/mol. The van der Waals surface area contributed by atoms with Crippen LogP contribution in [0.3, 0.4) is 0 Å². The molecule has 1 unspecified atom stereocenters. The molecule has 1 aromatic carbocycles. The number of allylic oxidation sites excluding steroid dienone is 3. The van der Waals surface area contributed by atoms with Gasteiger partial charge in [0.15, 0.2) is 5.78 Å². The average Bonchev–Trinajstić information content (AvgIpc) is 2.49. The first kappa shape index (κ1) is 12.1. The van der Waals surface area contributed by atoms with Crippen molar-refractivity contribution in [1.82, 2.24) is 0 Å². The van der Waals surface area contributed by atoms with Gasteiger partial charge in [0, 0.05) is 26.8 Å². The largest absolute Gasteiger partial charge is 0.289 e. The Hall–Kier alpha value is -0.990. The lowest BCUT2D eigenvalue weighted by atomic mass is 9.87. The summed E-state index contributed by atoms with van der Waals surface area (Å²) in [5.74, 6) is 1.47. The molecular weight excluding hydrogens is 264 g/mol. The van der Waals surface area contributed by atoms with Crippen LogP contribution in [0.15, 0.2) is 46.4 Å². The summed E-state index contributed by atoms with van der Waals surface area (Å²) in [4.78, 5) is 13.6. The Balaban J connectivity index is 2.11. The molecule has 1 aromatic rings. The molecule has 0 saturated carbocycles. The normalized spacial score (nSPS) is 22.6. The molecule has 0 N–H and O–H groups in total. The molecule has 1 aliphatic heterocycles. The van der Waals surface area contributed by atoms with Crippen molar-refractivity contribution in [1.29, 1.82) is 0 Å². The van der Waals surface area contributed by atoms with Crippen LogP contribution in [-0.4, -0.2) is 11.5 Å². The molecule has 0 bridgehead atoms. The van der Waals surface area contributed by atoms with Crippen LogP contribution in [0.25, 0.3) is 0 Å². The molecule has 92 valence electrons. The van der Waals surface area contributed by atoms with Crippen molar-refractivity contribution < 1.29 is 4.79 Å². The number of ketones is 1. The Labute approximate surface area is 116 Å². The van der Waals surface area contributed by atoms with E-state index in [1.54, 1.807) is 17.8 Å². The van der Waals surface area contributed by atoms with Crippen molar-refractivity contribution in [3.8, 4) is 0 Å². The van der Waals surface area contributed by atoms with E-state index >= 15 is 0 Å². The summed E-state index contributed by atoms with van der Waals surface area (Å²) >= 11 is 7.73. The molecule has 3 heteroatoms. The second kappa shape index (κ2) is 4.60. The Morgan fingerprint density at radius 3 is 3.06 bits per heavy atom. The zero-order valence-electron chi connectivity index (χ0n) is 10.1. The van der Waals surface area contributed by atoms with E-state index in [0.717, 1.165) is 28.2 Å². The van der Waals surface area contributed by atoms with Crippen LogP contribution in [0.2, 0.25) is 5.02 Å². The highest BCUT2D eigenvalue weighted by molar-refractivity contribution is 7.99. The summed E-state index contributed by atoms with van der Waals surface area (Å²) < 4.78 is 0. The van der Waals surface area contributed by atoms with Crippen molar-refractivity contribution in [2.24, 2.45) is 5.92 Å². The number of Topliss-reactive ketones (excluding diaryl/α,β-unsaturated/α-hetero) is 1. The number of hydrogen-bond donors (Lipinski definition) is 0. The van der Waals surface area contributed by atoms with E-state index in [0.29, 0.717) is 10.9 Å². The first-order valence-electron chi connectivity index (χ1n) is 6.02. The van der Waals surface area contributed by atoms with Crippen LogP contribution in [0, 0.1) is 5.92 Å². The fraction of sp³-hybridized carbons (Fsp3) is 0.267. The molecule has 0 saturated heterocycles. The molecule has 0 radical (unpaired) electrons. The number of thioether (sulfide) groups is 1. The van der Waals surface area contributed by atoms with E-state index in [4.69, 9.17) is 11.6 Å². The molecule has 1 aliphatic carbocycles. The summed E-state index contributed by atoms with van der Waals surface area (Å²) in [5, 5.41) is 0.631. The number of carbonyl (C=O) groups is 1. The second-order valence-electron chi connectivity index (χ2n) is 4.80. The van der Waals surface area contributed by atoms with Gasteiger partial charge < -0.3 is 0 Å². The number of carbonyl (C=O) groups excluding carboxylic acids is 1. The number of fused-ring (bicyclic) bond motifs is 1. The number of hydrogen-bond acceptors (Lipinski definition) is 2. The van der Waals surface area contributed by atoms with Crippen LogP contribution in [0.5, 0.6) is 0 Å². The van der Waals surface area contributed by atoms with E-state index in [1.807, 2.05) is 12.1 Å². The van der Waals surface area contributed by atoms with Crippen LogP contribution >= 0.6 is 23.4 Å². The van der Waals surface area contributed by atoms with Crippen LogP contribution in [0.1, 0.15) is 23.7 Å². The zero-order valence-corrected chi connectivity index (χ0v) is 11.6. The quantitative estimate of drug-likeness (QED) is 0.693. The van der Waals surface area contributed by atoms with E-state index < -0.39 is 0 Å². The van der Waals surface area contributed by atoms with Crippen molar-refractivity contribution in [3.05, 3.63) is 52.1 Å². The summed E-state index contributed by atoms with van der Waals surface area (Å²) in [5.41, 5.74) is 2.91. The van der Waals surface area contributed by atoms with E-state index in [9.17, 15) is 4.79 Å². The van der Waals surface area contributed by atoms with Gasteiger partial charge in [0.05, 0.1) is 0 Å². The lowest BCUT2D eigenvalue weighted by molar-refractivity contribution is 0.102. The summed E-state index contributed by atoms with van der Waals surface area (Å²) in [7, 11) is 0. The fourth-order valence-electron chi connectivity index (χ4n) is 2.40. The van der Waals surface area contributed by atoms with Gasteiger partial charge in [-0.15, -0.1) is 11.8 Å². The Morgan fingerprint density at radius 2 is 2.22 bits per heavy atom. The van der Waals surface area contributed by atoms with Gasteiger partial charge in [-0.2, -0.15) is 0 Å². The third kappa shape index (κ3) is 2.04.